The lowest BCUT2D eigenvalue weighted by molar-refractivity contribution is 0.102. The molecule has 98 valence electrons. The van der Waals surface area contributed by atoms with Gasteiger partial charge in [0, 0.05) is 4.47 Å². The van der Waals surface area contributed by atoms with Gasteiger partial charge in [-0.2, -0.15) is 0 Å². The van der Waals surface area contributed by atoms with Gasteiger partial charge in [0.05, 0.1) is 22.0 Å². The van der Waals surface area contributed by atoms with E-state index in [1.165, 1.54) is 18.2 Å². The van der Waals surface area contributed by atoms with Gasteiger partial charge in [0.2, 0.25) is 0 Å². The fraction of sp³-hybridized carbons (Fsp3) is 0. The van der Waals surface area contributed by atoms with Crippen LogP contribution in [0.25, 0.3) is 0 Å². The number of anilines is 2. The maximum Gasteiger partial charge on any atom is 0.257 e. The van der Waals surface area contributed by atoms with Crippen LogP contribution < -0.4 is 11.1 Å². The molecule has 0 bridgehead atoms. The maximum atomic E-state index is 13.3. The Bertz CT molecular complexity index is 649. The molecular formula is C13H9BrClFN2O. The largest absolute Gasteiger partial charge is 0.396 e. The lowest BCUT2D eigenvalue weighted by atomic mass is 10.1. The second-order valence-electron chi connectivity index (χ2n) is 3.78. The number of nitrogen functional groups attached to an aromatic ring is 1. The highest BCUT2D eigenvalue weighted by Crippen LogP contribution is 2.27. The van der Waals surface area contributed by atoms with Crippen molar-refractivity contribution < 1.29 is 9.18 Å². The second kappa shape index (κ2) is 5.59. The number of nitrogens with one attached hydrogen (secondary N) is 1. The van der Waals surface area contributed by atoms with Gasteiger partial charge in [-0.3, -0.25) is 4.79 Å². The molecule has 0 aromatic heterocycles. The van der Waals surface area contributed by atoms with E-state index in [1.807, 2.05) is 0 Å². The number of para-hydroxylation sites is 1. The third-order valence-corrected chi connectivity index (χ3v) is 3.30. The van der Waals surface area contributed by atoms with Crippen LogP contribution in [0, 0.1) is 5.82 Å². The van der Waals surface area contributed by atoms with Crippen molar-refractivity contribution in [3.63, 3.8) is 0 Å². The van der Waals surface area contributed by atoms with Crippen LogP contribution in [0.2, 0.25) is 5.02 Å². The number of halogens is 3. The first-order valence-corrected chi connectivity index (χ1v) is 6.46. The first kappa shape index (κ1) is 13.8. The Labute approximate surface area is 122 Å². The van der Waals surface area contributed by atoms with Crippen LogP contribution in [-0.2, 0) is 0 Å². The molecule has 1 amide bonds. The van der Waals surface area contributed by atoms with Crippen molar-refractivity contribution in [2.75, 3.05) is 11.1 Å². The van der Waals surface area contributed by atoms with Gasteiger partial charge in [0.15, 0.2) is 0 Å². The van der Waals surface area contributed by atoms with E-state index in [2.05, 4.69) is 21.2 Å². The lowest BCUT2D eigenvalue weighted by Crippen LogP contribution is -2.15. The van der Waals surface area contributed by atoms with Crippen LogP contribution in [0.15, 0.2) is 40.9 Å². The topological polar surface area (TPSA) is 55.1 Å². The van der Waals surface area contributed by atoms with Crippen LogP contribution in [-0.4, -0.2) is 5.91 Å². The molecule has 2 aromatic carbocycles. The fourth-order valence-electron chi connectivity index (χ4n) is 1.52. The van der Waals surface area contributed by atoms with Gasteiger partial charge in [-0.25, -0.2) is 4.39 Å². The number of hydrogen-bond donors (Lipinski definition) is 2. The van der Waals surface area contributed by atoms with Crippen LogP contribution in [0.3, 0.4) is 0 Å². The zero-order valence-corrected chi connectivity index (χ0v) is 11.9. The van der Waals surface area contributed by atoms with Gasteiger partial charge in [-0.15, -0.1) is 0 Å². The summed E-state index contributed by atoms with van der Waals surface area (Å²) in [6, 6.07) is 9.08. The molecule has 0 saturated heterocycles. The van der Waals surface area contributed by atoms with Gasteiger partial charge in [-0.1, -0.05) is 33.6 Å². The van der Waals surface area contributed by atoms with Crippen molar-refractivity contribution in [1.82, 2.24) is 0 Å². The van der Waals surface area contributed by atoms with Crippen LogP contribution in [0.1, 0.15) is 10.4 Å². The van der Waals surface area contributed by atoms with Gasteiger partial charge in [0.25, 0.3) is 5.91 Å². The zero-order chi connectivity index (χ0) is 14.0. The maximum absolute atomic E-state index is 13.3. The van der Waals surface area contributed by atoms with E-state index in [-0.39, 0.29) is 11.3 Å². The first-order chi connectivity index (χ1) is 8.99. The van der Waals surface area contributed by atoms with Crippen molar-refractivity contribution in [3.8, 4) is 0 Å². The van der Waals surface area contributed by atoms with Crippen LogP contribution in [0.4, 0.5) is 15.8 Å². The molecular weight excluding hydrogens is 335 g/mol. The van der Waals surface area contributed by atoms with Crippen molar-refractivity contribution in [2.45, 2.75) is 0 Å². The number of nitrogens with two attached hydrogens (primary N) is 1. The molecule has 0 radical (unpaired) electrons. The Morgan fingerprint density at radius 2 is 2.05 bits per heavy atom. The van der Waals surface area contributed by atoms with E-state index in [4.69, 9.17) is 17.3 Å². The molecule has 3 nitrogen and oxygen atoms in total. The summed E-state index contributed by atoms with van der Waals surface area (Å²) < 4.78 is 14.0. The second-order valence-corrected chi connectivity index (χ2v) is 5.10. The normalized spacial score (nSPS) is 10.3. The van der Waals surface area contributed by atoms with Gasteiger partial charge in [0.1, 0.15) is 5.82 Å². The summed E-state index contributed by atoms with van der Waals surface area (Å²) in [7, 11) is 0. The molecule has 0 spiro atoms. The quantitative estimate of drug-likeness (QED) is 0.807. The predicted molar refractivity (Wildman–Crippen MR) is 77.9 cm³/mol. The highest BCUT2D eigenvalue weighted by molar-refractivity contribution is 9.10. The van der Waals surface area contributed by atoms with E-state index < -0.39 is 11.7 Å². The molecule has 2 rings (SSSR count). The zero-order valence-electron chi connectivity index (χ0n) is 9.58. The van der Waals surface area contributed by atoms with E-state index in [0.717, 1.165) is 4.47 Å². The monoisotopic (exact) mass is 342 g/mol. The Balaban J connectivity index is 2.31. The smallest absolute Gasteiger partial charge is 0.257 e. The van der Waals surface area contributed by atoms with Gasteiger partial charge >= 0.3 is 0 Å². The molecule has 19 heavy (non-hydrogen) atoms. The van der Waals surface area contributed by atoms with Crippen molar-refractivity contribution >= 4 is 44.8 Å². The standard InChI is InChI=1S/C13H9BrClFN2O/c14-7-4-5-9(15)11(6-7)18-13(19)8-2-1-3-10(16)12(8)17/h1-6H,17H2,(H,18,19). The molecule has 6 heteroatoms. The predicted octanol–water partition coefficient (Wildman–Crippen LogP) is 4.08. The Hall–Kier alpha value is -1.59. The van der Waals surface area contributed by atoms with Crippen LogP contribution in [0.5, 0.6) is 0 Å². The average molecular weight is 344 g/mol. The third kappa shape index (κ3) is 3.05. The number of benzene rings is 2. The average Bonchev–Trinajstić information content (AvgIpc) is 2.37. The molecule has 0 unspecified atom stereocenters. The minimum Gasteiger partial charge on any atom is -0.396 e. The minimum absolute atomic E-state index is 0.0658. The molecule has 3 N–H and O–H groups in total. The van der Waals surface area contributed by atoms with E-state index in [9.17, 15) is 9.18 Å². The lowest BCUT2D eigenvalue weighted by Gasteiger charge is -2.09. The summed E-state index contributed by atoms with van der Waals surface area (Å²) in [6.07, 6.45) is 0. The number of amides is 1. The molecule has 0 aliphatic rings. The highest BCUT2D eigenvalue weighted by atomic mass is 79.9. The Morgan fingerprint density at radius 1 is 1.32 bits per heavy atom. The van der Waals surface area contributed by atoms with E-state index >= 15 is 0 Å². The van der Waals surface area contributed by atoms with Crippen molar-refractivity contribution in [2.24, 2.45) is 0 Å². The fourth-order valence-corrected chi connectivity index (χ4v) is 2.04. The van der Waals surface area contributed by atoms with Crippen LogP contribution >= 0.6 is 27.5 Å². The SMILES string of the molecule is Nc1c(F)cccc1C(=O)Nc1cc(Br)ccc1Cl. The molecule has 0 aliphatic carbocycles. The summed E-state index contributed by atoms with van der Waals surface area (Å²) in [6.45, 7) is 0. The van der Waals surface area contributed by atoms with Crippen molar-refractivity contribution in [3.05, 3.63) is 57.3 Å². The summed E-state index contributed by atoms with van der Waals surface area (Å²) in [5.41, 5.74) is 5.83. The van der Waals surface area contributed by atoms with E-state index in [1.54, 1.807) is 18.2 Å². The minimum atomic E-state index is -0.631. The molecule has 2 aromatic rings. The van der Waals surface area contributed by atoms with Gasteiger partial charge < -0.3 is 11.1 Å². The number of hydrogen-bond acceptors (Lipinski definition) is 2. The molecule has 0 heterocycles. The molecule has 0 atom stereocenters. The Kier molecular flexibility index (Phi) is 4.07. The summed E-state index contributed by atoms with van der Waals surface area (Å²) >= 11 is 9.23. The summed E-state index contributed by atoms with van der Waals surface area (Å²) in [4.78, 5) is 12.0. The van der Waals surface area contributed by atoms with Crippen molar-refractivity contribution in [1.29, 1.82) is 0 Å². The third-order valence-electron chi connectivity index (χ3n) is 2.47. The van der Waals surface area contributed by atoms with Gasteiger partial charge in [-0.05, 0) is 30.3 Å². The van der Waals surface area contributed by atoms with E-state index in [0.29, 0.717) is 10.7 Å². The number of carbonyl (C=O) groups excluding carboxylic acids is 1. The Morgan fingerprint density at radius 3 is 2.79 bits per heavy atom. The number of carbonyl (C=O) groups is 1. The molecule has 0 saturated carbocycles. The number of rotatable bonds is 2. The summed E-state index contributed by atoms with van der Waals surface area (Å²) in [5.74, 6) is -1.15. The molecule has 0 fully saturated rings. The summed E-state index contributed by atoms with van der Waals surface area (Å²) in [5, 5.41) is 2.97. The highest BCUT2D eigenvalue weighted by Gasteiger charge is 2.14. The first-order valence-electron chi connectivity index (χ1n) is 5.29. The molecule has 0 aliphatic heterocycles.